The summed E-state index contributed by atoms with van der Waals surface area (Å²) in [4.78, 5) is 0. The Morgan fingerprint density at radius 3 is 2.62 bits per heavy atom. The average Bonchev–Trinajstić information content (AvgIpc) is 2.67. The second-order valence-electron chi connectivity index (χ2n) is 7.24. The number of hydrogen-bond donors (Lipinski definition) is 1. The molecule has 0 aliphatic heterocycles. The summed E-state index contributed by atoms with van der Waals surface area (Å²) in [7, 11) is 0. The monoisotopic (exact) mass is 222 g/mol. The Labute approximate surface area is 99.6 Å². The normalized spacial score (nSPS) is 55.7. The SMILES string of the molecule is CC(C)[C@@H]1CC[C@]2(C)C(O)[C@@H]1[C@H]1CC[C@@H]2C1. The van der Waals surface area contributed by atoms with Gasteiger partial charge in [-0.2, -0.15) is 0 Å². The highest BCUT2D eigenvalue weighted by molar-refractivity contribution is 5.08. The van der Waals surface area contributed by atoms with Crippen LogP contribution in [0.15, 0.2) is 0 Å². The molecule has 0 aromatic carbocycles. The van der Waals surface area contributed by atoms with Crippen molar-refractivity contribution in [1.29, 1.82) is 0 Å². The summed E-state index contributed by atoms with van der Waals surface area (Å²) in [6.45, 7) is 7.07. The van der Waals surface area contributed by atoms with Crippen LogP contribution in [-0.2, 0) is 0 Å². The molecule has 0 saturated heterocycles. The van der Waals surface area contributed by atoms with Crippen LogP contribution < -0.4 is 0 Å². The lowest BCUT2D eigenvalue weighted by atomic mass is 9.51. The van der Waals surface area contributed by atoms with Gasteiger partial charge in [-0.25, -0.2) is 0 Å². The van der Waals surface area contributed by atoms with E-state index in [-0.39, 0.29) is 11.5 Å². The molecule has 0 aromatic rings. The van der Waals surface area contributed by atoms with Gasteiger partial charge in [-0.15, -0.1) is 0 Å². The fourth-order valence-corrected chi connectivity index (χ4v) is 5.29. The predicted octanol–water partition coefficient (Wildman–Crippen LogP) is 3.47. The van der Waals surface area contributed by atoms with Crippen molar-refractivity contribution in [3.8, 4) is 0 Å². The van der Waals surface area contributed by atoms with Gasteiger partial charge in [-0.3, -0.25) is 0 Å². The molecular weight excluding hydrogens is 196 g/mol. The van der Waals surface area contributed by atoms with Gasteiger partial charge < -0.3 is 5.11 Å². The minimum absolute atomic E-state index is 0.0000926. The van der Waals surface area contributed by atoms with Gasteiger partial charge in [0, 0.05) is 0 Å². The molecule has 3 saturated carbocycles. The van der Waals surface area contributed by atoms with E-state index < -0.39 is 0 Å². The minimum atomic E-state index is -0.0000926. The van der Waals surface area contributed by atoms with Gasteiger partial charge in [0.05, 0.1) is 6.10 Å². The van der Waals surface area contributed by atoms with E-state index in [9.17, 15) is 5.11 Å². The van der Waals surface area contributed by atoms with E-state index in [4.69, 9.17) is 0 Å². The van der Waals surface area contributed by atoms with Crippen LogP contribution in [0.4, 0.5) is 0 Å². The summed E-state index contributed by atoms with van der Waals surface area (Å²) in [5.74, 6) is 3.84. The molecule has 0 radical (unpaired) electrons. The zero-order chi connectivity index (χ0) is 11.5. The molecular formula is C15H26O. The second-order valence-corrected chi connectivity index (χ2v) is 7.24. The molecule has 3 fully saturated rings. The summed E-state index contributed by atoms with van der Waals surface area (Å²) in [6, 6.07) is 0. The van der Waals surface area contributed by atoms with Gasteiger partial charge in [0.2, 0.25) is 0 Å². The number of rotatable bonds is 1. The van der Waals surface area contributed by atoms with E-state index >= 15 is 0 Å². The quantitative estimate of drug-likeness (QED) is 0.720. The smallest absolute Gasteiger partial charge is 0.0629 e. The van der Waals surface area contributed by atoms with Crippen LogP contribution in [0.1, 0.15) is 52.9 Å². The first-order valence-corrected chi connectivity index (χ1v) is 7.22. The number of aliphatic hydroxyl groups is 1. The molecule has 3 aliphatic rings. The molecule has 92 valence electrons. The van der Waals surface area contributed by atoms with Gasteiger partial charge in [0.1, 0.15) is 0 Å². The van der Waals surface area contributed by atoms with E-state index in [1.165, 1.54) is 32.1 Å². The van der Waals surface area contributed by atoms with Crippen molar-refractivity contribution in [3.63, 3.8) is 0 Å². The predicted molar refractivity (Wildman–Crippen MR) is 66.0 cm³/mol. The first kappa shape index (κ1) is 11.1. The largest absolute Gasteiger partial charge is 0.392 e. The van der Waals surface area contributed by atoms with Crippen molar-refractivity contribution in [2.75, 3.05) is 0 Å². The Morgan fingerprint density at radius 2 is 1.94 bits per heavy atom. The molecule has 1 nitrogen and oxygen atoms in total. The Bertz CT molecular complexity index is 285. The highest BCUT2D eigenvalue weighted by Gasteiger charge is 2.58. The van der Waals surface area contributed by atoms with Gasteiger partial charge in [-0.05, 0) is 67.1 Å². The van der Waals surface area contributed by atoms with Crippen molar-refractivity contribution in [2.24, 2.45) is 35.0 Å². The van der Waals surface area contributed by atoms with Crippen molar-refractivity contribution in [3.05, 3.63) is 0 Å². The topological polar surface area (TPSA) is 20.2 Å². The lowest BCUT2D eigenvalue weighted by molar-refractivity contribution is -0.143. The summed E-state index contributed by atoms with van der Waals surface area (Å²) < 4.78 is 0. The molecule has 0 amide bonds. The molecule has 1 N–H and O–H groups in total. The highest BCUT2D eigenvalue weighted by atomic mass is 16.3. The molecule has 0 aromatic heterocycles. The maximum atomic E-state index is 10.7. The summed E-state index contributed by atoms with van der Waals surface area (Å²) >= 11 is 0. The molecule has 1 unspecified atom stereocenters. The maximum Gasteiger partial charge on any atom is 0.0629 e. The van der Waals surface area contributed by atoms with Crippen molar-refractivity contribution in [2.45, 2.75) is 59.0 Å². The van der Waals surface area contributed by atoms with E-state index in [1.807, 2.05) is 0 Å². The molecule has 6 atom stereocenters. The summed E-state index contributed by atoms with van der Waals surface area (Å²) in [5.41, 5.74) is 0.267. The van der Waals surface area contributed by atoms with Gasteiger partial charge in [0.25, 0.3) is 0 Å². The first-order chi connectivity index (χ1) is 7.54. The van der Waals surface area contributed by atoms with Crippen LogP contribution >= 0.6 is 0 Å². The zero-order valence-electron chi connectivity index (χ0n) is 10.9. The fraction of sp³-hybridized carbons (Fsp3) is 1.00. The minimum Gasteiger partial charge on any atom is -0.392 e. The number of fused-ring (bicyclic) bond motifs is 6. The maximum absolute atomic E-state index is 10.7. The Hall–Kier alpha value is -0.0400. The Balaban J connectivity index is 1.95. The molecule has 3 rings (SSSR count). The second kappa shape index (κ2) is 3.48. The van der Waals surface area contributed by atoms with Crippen LogP contribution in [0.5, 0.6) is 0 Å². The third kappa shape index (κ3) is 1.27. The van der Waals surface area contributed by atoms with Gasteiger partial charge in [0.15, 0.2) is 0 Å². The zero-order valence-corrected chi connectivity index (χ0v) is 10.9. The van der Waals surface area contributed by atoms with Crippen molar-refractivity contribution < 1.29 is 5.11 Å². The molecule has 0 heterocycles. The molecule has 0 spiro atoms. The van der Waals surface area contributed by atoms with Crippen molar-refractivity contribution >= 4 is 0 Å². The average molecular weight is 222 g/mol. The highest BCUT2D eigenvalue weighted by Crippen LogP contribution is 2.62. The third-order valence-electron chi connectivity index (χ3n) is 6.36. The van der Waals surface area contributed by atoms with Crippen LogP contribution in [0.25, 0.3) is 0 Å². The first-order valence-electron chi connectivity index (χ1n) is 7.22. The Morgan fingerprint density at radius 1 is 1.19 bits per heavy atom. The lowest BCUT2D eigenvalue weighted by Crippen LogP contribution is -2.54. The van der Waals surface area contributed by atoms with Crippen molar-refractivity contribution in [1.82, 2.24) is 0 Å². The van der Waals surface area contributed by atoms with E-state index in [0.29, 0.717) is 5.92 Å². The molecule has 16 heavy (non-hydrogen) atoms. The van der Waals surface area contributed by atoms with E-state index in [0.717, 1.165) is 23.7 Å². The van der Waals surface area contributed by atoms with Crippen LogP contribution in [0.3, 0.4) is 0 Å². The number of hydrogen-bond acceptors (Lipinski definition) is 1. The molecule has 3 aliphatic carbocycles. The van der Waals surface area contributed by atoms with Crippen LogP contribution in [0, 0.1) is 35.0 Å². The lowest BCUT2D eigenvalue weighted by Gasteiger charge is -2.55. The van der Waals surface area contributed by atoms with E-state index in [1.54, 1.807) is 0 Å². The van der Waals surface area contributed by atoms with Gasteiger partial charge >= 0.3 is 0 Å². The van der Waals surface area contributed by atoms with Crippen LogP contribution in [0.2, 0.25) is 0 Å². The van der Waals surface area contributed by atoms with Gasteiger partial charge in [-0.1, -0.05) is 20.8 Å². The molecule has 1 heteroatoms. The summed E-state index contributed by atoms with van der Waals surface area (Å²) in [6.07, 6.45) is 6.83. The number of aliphatic hydroxyl groups excluding tert-OH is 1. The molecule has 4 bridgehead atoms. The van der Waals surface area contributed by atoms with E-state index in [2.05, 4.69) is 20.8 Å². The van der Waals surface area contributed by atoms with Crippen LogP contribution in [-0.4, -0.2) is 11.2 Å². The fourth-order valence-electron chi connectivity index (χ4n) is 5.29. The Kier molecular flexibility index (Phi) is 2.41. The third-order valence-corrected chi connectivity index (χ3v) is 6.36. The summed E-state index contributed by atoms with van der Waals surface area (Å²) in [5, 5.41) is 10.7. The standard InChI is InChI=1S/C15H26O/c1-9(2)12-6-7-15(3)11-5-4-10(8-11)13(12)14(15)16/h9-14,16H,4-8H2,1-3H3/t10-,11+,12-,13+,14?,15-/m0/s1.